The Morgan fingerprint density at radius 2 is 2.04 bits per heavy atom. The Morgan fingerprint density at radius 3 is 2.78 bits per heavy atom. The summed E-state index contributed by atoms with van der Waals surface area (Å²) in [5, 5.41) is 6.59. The molecule has 23 heavy (non-hydrogen) atoms. The van der Waals surface area contributed by atoms with Crippen molar-refractivity contribution in [3.05, 3.63) is 59.3 Å². The molecule has 2 rings (SSSR count). The maximum Gasteiger partial charge on any atom is 0.213 e. The number of rotatable bonds is 6. The molecule has 0 aliphatic rings. The number of methoxy groups -OCH3 is 1. The molecule has 122 valence electrons. The first-order valence-electron chi connectivity index (χ1n) is 7.78. The number of aromatic nitrogens is 1. The summed E-state index contributed by atoms with van der Waals surface area (Å²) in [6.45, 7) is 6.28. The van der Waals surface area contributed by atoms with Gasteiger partial charge in [-0.05, 0) is 31.0 Å². The third-order valence-corrected chi connectivity index (χ3v) is 3.31. The van der Waals surface area contributed by atoms with Crippen LogP contribution in [0.25, 0.3) is 0 Å². The van der Waals surface area contributed by atoms with Crippen LogP contribution in [0.1, 0.15) is 23.6 Å². The molecular formula is C18H24N4O. The Morgan fingerprint density at radius 1 is 1.17 bits per heavy atom. The van der Waals surface area contributed by atoms with Crippen LogP contribution >= 0.6 is 0 Å². The van der Waals surface area contributed by atoms with Crippen molar-refractivity contribution in [3.63, 3.8) is 0 Å². The van der Waals surface area contributed by atoms with Gasteiger partial charge in [-0.1, -0.05) is 29.8 Å². The highest BCUT2D eigenvalue weighted by molar-refractivity contribution is 5.79. The molecule has 5 nitrogen and oxygen atoms in total. The van der Waals surface area contributed by atoms with Gasteiger partial charge in [0.2, 0.25) is 5.88 Å². The first kappa shape index (κ1) is 16.8. The molecule has 5 heteroatoms. The molecule has 1 aromatic heterocycles. The SMILES string of the molecule is CCNC(=NCc1cccc(C)c1)NCc1ccnc(OC)c1. The zero-order valence-corrected chi connectivity index (χ0v) is 14.0. The van der Waals surface area contributed by atoms with Gasteiger partial charge in [-0.25, -0.2) is 9.98 Å². The highest BCUT2D eigenvalue weighted by atomic mass is 16.5. The van der Waals surface area contributed by atoms with Crippen molar-refractivity contribution >= 4 is 5.96 Å². The number of nitrogens with zero attached hydrogens (tertiary/aromatic N) is 2. The largest absolute Gasteiger partial charge is 0.481 e. The fourth-order valence-electron chi connectivity index (χ4n) is 2.18. The van der Waals surface area contributed by atoms with Crippen LogP contribution in [0.3, 0.4) is 0 Å². The monoisotopic (exact) mass is 312 g/mol. The predicted molar refractivity (Wildman–Crippen MR) is 93.6 cm³/mol. The van der Waals surface area contributed by atoms with E-state index in [-0.39, 0.29) is 0 Å². The number of aryl methyl sites for hydroxylation is 1. The van der Waals surface area contributed by atoms with E-state index < -0.39 is 0 Å². The van der Waals surface area contributed by atoms with Gasteiger partial charge in [-0.2, -0.15) is 0 Å². The fraction of sp³-hybridized carbons (Fsp3) is 0.333. The zero-order valence-electron chi connectivity index (χ0n) is 14.0. The van der Waals surface area contributed by atoms with E-state index in [2.05, 4.69) is 58.7 Å². The van der Waals surface area contributed by atoms with Crippen molar-refractivity contribution in [3.8, 4) is 5.88 Å². The van der Waals surface area contributed by atoms with Crippen molar-refractivity contribution in [1.29, 1.82) is 0 Å². The van der Waals surface area contributed by atoms with E-state index in [1.807, 2.05) is 12.1 Å². The Labute approximate surface area is 137 Å². The van der Waals surface area contributed by atoms with E-state index in [1.54, 1.807) is 13.3 Å². The molecule has 0 saturated carbocycles. The number of ether oxygens (including phenoxy) is 1. The van der Waals surface area contributed by atoms with Crippen molar-refractivity contribution in [2.45, 2.75) is 26.9 Å². The molecule has 0 atom stereocenters. The van der Waals surface area contributed by atoms with Crippen molar-refractivity contribution < 1.29 is 4.74 Å². The maximum atomic E-state index is 5.14. The minimum absolute atomic E-state index is 0.617. The summed E-state index contributed by atoms with van der Waals surface area (Å²) in [5.74, 6) is 1.41. The van der Waals surface area contributed by atoms with E-state index in [4.69, 9.17) is 4.74 Å². The highest BCUT2D eigenvalue weighted by Crippen LogP contribution is 2.08. The second-order valence-electron chi connectivity index (χ2n) is 5.24. The normalized spacial score (nSPS) is 11.2. The summed E-state index contributed by atoms with van der Waals surface area (Å²) in [5.41, 5.74) is 3.55. The smallest absolute Gasteiger partial charge is 0.213 e. The Kier molecular flexibility index (Phi) is 6.41. The average Bonchev–Trinajstić information content (AvgIpc) is 2.57. The van der Waals surface area contributed by atoms with Crippen LogP contribution in [0, 0.1) is 6.92 Å². The van der Waals surface area contributed by atoms with Gasteiger partial charge in [0.15, 0.2) is 5.96 Å². The van der Waals surface area contributed by atoms with Gasteiger partial charge in [0, 0.05) is 25.4 Å². The molecule has 2 aromatic rings. The lowest BCUT2D eigenvalue weighted by atomic mass is 10.1. The molecule has 0 spiro atoms. The molecule has 1 aromatic carbocycles. The van der Waals surface area contributed by atoms with Gasteiger partial charge in [0.25, 0.3) is 0 Å². The summed E-state index contributed by atoms with van der Waals surface area (Å²) in [6, 6.07) is 12.3. The Hall–Kier alpha value is -2.56. The minimum atomic E-state index is 0.617. The van der Waals surface area contributed by atoms with Crippen LogP contribution in [0.4, 0.5) is 0 Å². The van der Waals surface area contributed by atoms with Crippen molar-refractivity contribution in [1.82, 2.24) is 15.6 Å². The Bertz CT molecular complexity index is 655. The topological polar surface area (TPSA) is 58.5 Å². The second-order valence-corrected chi connectivity index (χ2v) is 5.24. The summed E-state index contributed by atoms with van der Waals surface area (Å²) < 4.78 is 5.14. The summed E-state index contributed by atoms with van der Waals surface area (Å²) >= 11 is 0. The third kappa shape index (κ3) is 5.62. The first-order chi connectivity index (χ1) is 11.2. The van der Waals surface area contributed by atoms with E-state index in [9.17, 15) is 0 Å². The number of nitrogens with one attached hydrogen (secondary N) is 2. The van der Waals surface area contributed by atoms with Crippen LogP contribution < -0.4 is 15.4 Å². The summed E-state index contributed by atoms with van der Waals surface area (Å²) in [4.78, 5) is 8.74. The van der Waals surface area contributed by atoms with Gasteiger partial charge < -0.3 is 15.4 Å². The first-order valence-corrected chi connectivity index (χ1v) is 7.78. The Balaban J connectivity index is 1.98. The van der Waals surface area contributed by atoms with E-state index in [0.29, 0.717) is 19.0 Å². The molecule has 0 aliphatic heterocycles. The average molecular weight is 312 g/mol. The lowest BCUT2D eigenvalue weighted by Crippen LogP contribution is -2.36. The standard InChI is InChI=1S/C18H24N4O/c1-4-19-18(21-12-15-7-5-6-14(2)10-15)22-13-16-8-9-20-17(11-16)23-3/h5-11H,4,12-13H2,1-3H3,(H2,19,21,22). The van der Waals surface area contributed by atoms with Gasteiger partial charge >= 0.3 is 0 Å². The second kappa shape index (κ2) is 8.78. The molecule has 0 unspecified atom stereocenters. The van der Waals surface area contributed by atoms with Crippen LogP contribution in [-0.2, 0) is 13.1 Å². The van der Waals surface area contributed by atoms with Crippen LogP contribution in [0.15, 0.2) is 47.6 Å². The van der Waals surface area contributed by atoms with Gasteiger partial charge in [-0.3, -0.25) is 0 Å². The lowest BCUT2D eigenvalue weighted by Gasteiger charge is -2.12. The lowest BCUT2D eigenvalue weighted by molar-refractivity contribution is 0.397. The van der Waals surface area contributed by atoms with Gasteiger partial charge in [0.1, 0.15) is 0 Å². The molecule has 0 bridgehead atoms. The summed E-state index contributed by atoms with van der Waals surface area (Å²) in [7, 11) is 1.62. The van der Waals surface area contributed by atoms with Crippen LogP contribution in [0.2, 0.25) is 0 Å². The number of hydrogen-bond donors (Lipinski definition) is 2. The van der Waals surface area contributed by atoms with Gasteiger partial charge in [0.05, 0.1) is 13.7 Å². The molecule has 0 aliphatic carbocycles. The quantitative estimate of drug-likeness (QED) is 0.636. The number of guanidine groups is 1. The highest BCUT2D eigenvalue weighted by Gasteiger charge is 2.01. The fourth-order valence-corrected chi connectivity index (χ4v) is 2.18. The molecule has 0 saturated heterocycles. The molecule has 0 fully saturated rings. The summed E-state index contributed by atoms with van der Waals surface area (Å²) in [6.07, 6.45) is 1.74. The zero-order chi connectivity index (χ0) is 16.5. The molecule has 0 radical (unpaired) electrons. The number of benzene rings is 1. The van der Waals surface area contributed by atoms with Crippen LogP contribution in [0.5, 0.6) is 5.88 Å². The molecular weight excluding hydrogens is 288 g/mol. The molecule has 2 N–H and O–H groups in total. The predicted octanol–water partition coefficient (Wildman–Crippen LogP) is 2.65. The maximum absolute atomic E-state index is 5.14. The van der Waals surface area contributed by atoms with E-state index >= 15 is 0 Å². The molecule has 1 heterocycles. The number of aliphatic imine (C=N–C) groups is 1. The van der Waals surface area contributed by atoms with Crippen LogP contribution in [-0.4, -0.2) is 24.6 Å². The number of hydrogen-bond acceptors (Lipinski definition) is 3. The van der Waals surface area contributed by atoms with E-state index in [1.165, 1.54) is 11.1 Å². The minimum Gasteiger partial charge on any atom is -0.481 e. The van der Waals surface area contributed by atoms with Gasteiger partial charge in [-0.15, -0.1) is 0 Å². The van der Waals surface area contributed by atoms with E-state index in [0.717, 1.165) is 18.1 Å². The molecule has 0 amide bonds. The van der Waals surface area contributed by atoms with Crippen molar-refractivity contribution in [2.24, 2.45) is 4.99 Å². The van der Waals surface area contributed by atoms with Crippen molar-refractivity contribution in [2.75, 3.05) is 13.7 Å². The third-order valence-electron chi connectivity index (χ3n) is 3.31. The number of pyridine rings is 1.